The maximum atomic E-state index is 12.9. The summed E-state index contributed by atoms with van der Waals surface area (Å²) in [5, 5.41) is 2.69. The topological polar surface area (TPSA) is 38.3 Å². The lowest BCUT2D eigenvalue weighted by atomic mass is 10.1. The van der Waals surface area contributed by atoms with E-state index in [9.17, 15) is 13.6 Å². The fourth-order valence-corrected chi connectivity index (χ4v) is 1.81. The number of carbonyl (C=O) groups is 1. The third-order valence-corrected chi connectivity index (χ3v) is 2.62. The Bertz CT molecular complexity index is 397. The Morgan fingerprint density at radius 1 is 1.29 bits per heavy atom. The molecule has 3 nitrogen and oxygen atoms in total. The highest BCUT2D eigenvalue weighted by atomic mass is 19.1. The van der Waals surface area contributed by atoms with E-state index in [2.05, 4.69) is 5.32 Å². The van der Waals surface area contributed by atoms with E-state index in [1.54, 1.807) is 0 Å². The molecule has 1 atom stereocenters. The van der Waals surface area contributed by atoms with E-state index in [-0.39, 0.29) is 11.6 Å². The first-order valence-electron chi connectivity index (χ1n) is 5.50. The molecule has 17 heavy (non-hydrogen) atoms. The van der Waals surface area contributed by atoms with Gasteiger partial charge in [0.25, 0.3) is 5.91 Å². The van der Waals surface area contributed by atoms with Crippen molar-refractivity contribution in [3.63, 3.8) is 0 Å². The van der Waals surface area contributed by atoms with E-state index in [1.807, 2.05) is 0 Å². The first-order chi connectivity index (χ1) is 8.15. The molecule has 1 aromatic rings. The van der Waals surface area contributed by atoms with Crippen molar-refractivity contribution in [1.29, 1.82) is 0 Å². The minimum absolute atomic E-state index is 0.00641. The lowest BCUT2D eigenvalue weighted by Gasteiger charge is -2.23. The Labute approximate surface area is 97.8 Å². The second kappa shape index (κ2) is 5.23. The number of nitrogens with one attached hydrogen (secondary N) is 1. The van der Waals surface area contributed by atoms with Gasteiger partial charge in [-0.2, -0.15) is 0 Å². The molecule has 1 unspecified atom stereocenters. The van der Waals surface area contributed by atoms with Crippen molar-refractivity contribution >= 4 is 5.91 Å². The first-order valence-corrected chi connectivity index (χ1v) is 5.50. The monoisotopic (exact) mass is 241 g/mol. The Morgan fingerprint density at radius 3 is 2.59 bits per heavy atom. The van der Waals surface area contributed by atoms with Crippen molar-refractivity contribution < 1.29 is 18.3 Å². The Balaban J connectivity index is 2.03. The summed E-state index contributed by atoms with van der Waals surface area (Å²) < 4.78 is 31.0. The van der Waals surface area contributed by atoms with Crippen LogP contribution in [0.3, 0.4) is 0 Å². The summed E-state index contributed by atoms with van der Waals surface area (Å²) >= 11 is 0. The van der Waals surface area contributed by atoms with Gasteiger partial charge in [0, 0.05) is 18.2 Å². The zero-order valence-corrected chi connectivity index (χ0v) is 9.21. The second-order valence-corrected chi connectivity index (χ2v) is 4.05. The molecule has 92 valence electrons. The lowest BCUT2D eigenvalue weighted by molar-refractivity contribution is 0.0624. The van der Waals surface area contributed by atoms with Crippen LogP contribution in [0.1, 0.15) is 23.2 Å². The quantitative estimate of drug-likeness (QED) is 0.858. The third-order valence-electron chi connectivity index (χ3n) is 2.62. The van der Waals surface area contributed by atoms with Crippen LogP contribution in [0.2, 0.25) is 0 Å². The Hall–Kier alpha value is -1.49. The molecular weight excluding hydrogens is 228 g/mol. The average Bonchev–Trinajstić information content (AvgIpc) is 2.29. The summed E-state index contributed by atoms with van der Waals surface area (Å²) in [5.74, 6) is -1.98. The minimum atomic E-state index is -0.755. The third kappa shape index (κ3) is 3.23. The van der Waals surface area contributed by atoms with Crippen LogP contribution in [0.4, 0.5) is 8.78 Å². The molecule has 1 N–H and O–H groups in total. The van der Waals surface area contributed by atoms with Gasteiger partial charge < -0.3 is 10.1 Å². The average molecular weight is 241 g/mol. The number of hydrogen-bond acceptors (Lipinski definition) is 2. The number of rotatable bonds is 2. The van der Waals surface area contributed by atoms with E-state index in [1.165, 1.54) is 0 Å². The van der Waals surface area contributed by atoms with Gasteiger partial charge in [0.05, 0.1) is 12.6 Å². The zero-order chi connectivity index (χ0) is 12.3. The molecule has 1 amide bonds. The molecule has 1 aliphatic heterocycles. The molecule has 1 heterocycles. The molecule has 1 aliphatic rings. The molecule has 0 radical (unpaired) electrons. The van der Waals surface area contributed by atoms with Crippen LogP contribution < -0.4 is 5.32 Å². The van der Waals surface area contributed by atoms with E-state index >= 15 is 0 Å². The smallest absolute Gasteiger partial charge is 0.251 e. The van der Waals surface area contributed by atoms with Crippen LogP contribution in [0, 0.1) is 11.6 Å². The van der Waals surface area contributed by atoms with Crippen molar-refractivity contribution in [2.45, 2.75) is 18.9 Å². The summed E-state index contributed by atoms with van der Waals surface area (Å²) in [6.07, 6.45) is 1.70. The molecule has 0 bridgehead atoms. The van der Waals surface area contributed by atoms with Gasteiger partial charge in [0.15, 0.2) is 0 Å². The van der Waals surface area contributed by atoms with Crippen LogP contribution in [-0.2, 0) is 4.74 Å². The van der Waals surface area contributed by atoms with Crippen LogP contribution in [0.25, 0.3) is 0 Å². The van der Waals surface area contributed by atoms with Crippen molar-refractivity contribution in [1.82, 2.24) is 5.32 Å². The molecule has 1 aromatic carbocycles. The summed E-state index contributed by atoms with van der Waals surface area (Å²) in [7, 11) is 0. The molecule has 5 heteroatoms. The number of ether oxygens (including phenoxy) is 1. The van der Waals surface area contributed by atoms with Crippen LogP contribution in [-0.4, -0.2) is 25.2 Å². The van der Waals surface area contributed by atoms with Crippen LogP contribution >= 0.6 is 0 Å². The maximum Gasteiger partial charge on any atom is 0.251 e. The first kappa shape index (κ1) is 12.0. The van der Waals surface area contributed by atoms with Gasteiger partial charge >= 0.3 is 0 Å². The normalized spacial score (nSPS) is 20.0. The number of amides is 1. The fourth-order valence-electron chi connectivity index (χ4n) is 1.81. The summed E-state index contributed by atoms with van der Waals surface area (Å²) in [6.45, 7) is 1.14. The van der Waals surface area contributed by atoms with E-state index in [0.29, 0.717) is 13.2 Å². The number of halogens is 2. The molecular formula is C12H13F2NO2. The molecule has 0 spiro atoms. The van der Waals surface area contributed by atoms with Gasteiger partial charge in [-0.1, -0.05) is 0 Å². The van der Waals surface area contributed by atoms with E-state index in [0.717, 1.165) is 31.0 Å². The fraction of sp³-hybridized carbons (Fsp3) is 0.417. The number of carbonyl (C=O) groups excluding carboxylic acids is 1. The minimum Gasteiger partial charge on any atom is -0.379 e. The van der Waals surface area contributed by atoms with Crippen molar-refractivity contribution in [2.24, 2.45) is 0 Å². The van der Waals surface area contributed by atoms with Crippen LogP contribution in [0.5, 0.6) is 0 Å². The van der Waals surface area contributed by atoms with E-state index in [4.69, 9.17) is 4.74 Å². The van der Waals surface area contributed by atoms with Gasteiger partial charge in [0.1, 0.15) is 11.6 Å². The highest BCUT2D eigenvalue weighted by Crippen LogP contribution is 2.10. The van der Waals surface area contributed by atoms with Crippen molar-refractivity contribution in [2.75, 3.05) is 13.2 Å². The molecule has 0 aliphatic carbocycles. The molecule has 1 fully saturated rings. The Kier molecular flexibility index (Phi) is 3.68. The predicted molar refractivity (Wildman–Crippen MR) is 57.7 cm³/mol. The summed E-state index contributed by atoms with van der Waals surface area (Å²) in [5.41, 5.74) is -0.00641. The van der Waals surface area contributed by atoms with Crippen molar-refractivity contribution in [3.05, 3.63) is 35.4 Å². The van der Waals surface area contributed by atoms with Gasteiger partial charge in [0.2, 0.25) is 0 Å². The predicted octanol–water partition coefficient (Wildman–Crippen LogP) is 1.87. The highest BCUT2D eigenvalue weighted by Gasteiger charge is 2.17. The zero-order valence-electron chi connectivity index (χ0n) is 9.21. The largest absolute Gasteiger partial charge is 0.379 e. The van der Waals surface area contributed by atoms with Gasteiger partial charge in [-0.25, -0.2) is 8.78 Å². The summed E-state index contributed by atoms with van der Waals surface area (Å²) in [6, 6.07) is 2.69. The highest BCUT2D eigenvalue weighted by molar-refractivity contribution is 5.94. The molecule has 1 saturated heterocycles. The SMILES string of the molecule is O=C(NC1CCCOC1)c1cc(F)cc(F)c1. The Morgan fingerprint density at radius 2 is 2.00 bits per heavy atom. The van der Waals surface area contributed by atoms with Gasteiger partial charge in [-0.05, 0) is 25.0 Å². The van der Waals surface area contributed by atoms with E-state index < -0.39 is 17.5 Å². The molecule has 0 saturated carbocycles. The molecule has 2 rings (SSSR count). The van der Waals surface area contributed by atoms with Crippen molar-refractivity contribution in [3.8, 4) is 0 Å². The summed E-state index contributed by atoms with van der Waals surface area (Å²) in [4.78, 5) is 11.7. The standard InChI is InChI=1S/C12H13F2NO2/c13-9-4-8(5-10(14)6-9)12(16)15-11-2-1-3-17-7-11/h4-6,11H,1-3,7H2,(H,15,16). The molecule has 0 aromatic heterocycles. The number of hydrogen-bond donors (Lipinski definition) is 1. The van der Waals surface area contributed by atoms with Crippen LogP contribution in [0.15, 0.2) is 18.2 Å². The number of benzene rings is 1. The second-order valence-electron chi connectivity index (χ2n) is 4.05. The maximum absolute atomic E-state index is 12.9. The van der Waals surface area contributed by atoms with Gasteiger partial charge in [-0.15, -0.1) is 0 Å². The van der Waals surface area contributed by atoms with Gasteiger partial charge in [-0.3, -0.25) is 4.79 Å². The lowest BCUT2D eigenvalue weighted by Crippen LogP contribution is -2.40.